The summed E-state index contributed by atoms with van der Waals surface area (Å²) in [5.74, 6) is 5.78. The van der Waals surface area contributed by atoms with Crippen LogP contribution >= 0.6 is 0 Å². The van der Waals surface area contributed by atoms with Crippen molar-refractivity contribution in [2.75, 3.05) is 0 Å². The van der Waals surface area contributed by atoms with Crippen LogP contribution in [0.4, 0.5) is 0 Å². The van der Waals surface area contributed by atoms with E-state index in [0.717, 1.165) is 41.9 Å². The first kappa shape index (κ1) is 20.3. The highest BCUT2D eigenvalue weighted by atomic mass is 16.2. The molecule has 1 amide bonds. The van der Waals surface area contributed by atoms with Crippen LogP contribution in [0.15, 0.2) is 23.8 Å². The molecule has 6 saturated carbocycles. The van der Waals surface area contributed by atoms with Crippen molar-refractivity contribution in [3.63, 3.8) is 0 Å². The summed E-state index contributed by atoms with van der Waals surface area (Å²) in [5, 5.41) is 3.79. The average Bonchev–Trinajstić information content (AvgIpc) is 3.09. The molecule has 0 spiro atoms. The Morgan fingerprint density at radius 3 is 2.38 bits per heavy atom. The molecular weight excluding hydrogens is 390 g/mol. The Labute approximate surface area is 195 Å². The molecular formula is C30H43NO. The zero-order valence-electron chi connectivity index (χ0n) is 20.4. The predicted molar refractivity (Wildman–Crippen MR) is 129 cm³/mol. The Hall–Kier alpha value is -1.05. The zero-order chi connectivity index (χ0) is 21.7. The molecule has 6 atom stereocenters. The van der Waals surface area contributed by atoms with Crippen molar-refractivity contribution < 1.29 is 4.79 Å². The predicted octanol–water partition coefficient (Wildman–Crippen LogP) is 6.82. The van der Waals surface area contributed by atoms with Crippen LogP contribution in [0, 0.1) is 52.3 Å². The van der Waals surface area contributed by atoms with Gasteiger partial charge in [0.2, 0.25) is 5.91 Å². The maximum atomic E-state index is 13.9. The van der Waals surface area contributed by atoms with Crippen molar-refractivity contribution in [2.45, 2.75) is 103 Å². The molecule has 6 fully saturated rings. The number of hydrogen-bond acceptors (Lipinski definition) is 1. The molecule has 4 bridgehead atoms. The van der Waals surface area contributed by atoms with Gasteiger partial charge in [-0.1, -0.05) is 32.1 Å². The number of amides is 1. The number of fused-ring (bicyclic) bond motifs is 5. The quantitative estimate of drug-likeness (QED) is 0.509. The fraction of sp³-hybridized carbons (Fsp3) is 0.833. The van der Waals surface area contributed by atoms with Crippen LogP contribution in [0.3, 0.4) is 0 Å². The second-order valence-corrected chi connectivity index (χ2v) is 14.0. The molecule has 8 rings (SSSR count). The van der Waals surface area contributed by atoms with E-state index in [1.807, 2.05) is 0 Å². The SMILES string of the molecule is C[C@]12CC[C@H]3[C@@H](CC=C4C=CCC[C@@]43C)[C@@H]1CC[C@@H]2C(=O)NC12CC3CC(CC(C3)C1)C2. The molecule has 0 heterocycles. The smallest absolute Gasteiger partial charge is 0.224 e. The lowest BCUT2D eigenvalue weighted by molar-refractivity contribution is -0.137. The van der Waals surface area contributed by atoms with Crippen molar-refractivity contribution in [2.24, 2.45) is 52.3 Å². The van der Waals surface area contributed by atoms with Crippen LogP contribution in [0.5, 0.6) is 0 Å². The summed E-state index contributed by atoms with van der Waals surface area (Å²) >= 11 is 0. The lowest BCUT2D eigenvalue weighted by atomic mass is 9.48. The molecule has 8 aliphatic carbocycles. The Morgan fingerprint density at radius 1 is 0.938 bits per heavy atom. The maximum absolute atomic E-state index is 13.9. The molecule has 8 aliphatic rings. The number of carbonyl (C=O) groups is 1. The summed E-state index contributed by atoms with van der Waals surface area (Å²) in [6.07, 6.45) is 24.4. The monoisotopic (exact) mass is 433 g/mol. The zero-order valence-corrected chi connectivity index (χ0v) is 20.4. The van der Waals surface area contributed by atoms with E-state index < -0.39 is 0 Å². The minimum absolute atomic E-state index is 0.169. The van der Waals surface area contributed by atoms with Crippen LogP contribution in [0.1, 0.15) is 97.3 Å². The lowest BCUT2D eigenvalue weighted by Crippen LogP contribution is -2.61. The van der Waals surface area contributed by atoms with Crippen molar-refractivity contribution in [1.29, 1.82) is 0 Å². The third kappa shape index (κ3) is 2.73. The van der Waals surface area contributed by atoms with Gasteiger partial charge in [-0.05, 0) is 135 Å². The Kier molecular flexibility index (Phi) is 4.29. The summed E-state index contributed by atoms with van der Waals surface area (Å²) in [6, 6.07) is 0. The highest BCUT2D eigenvalue weighted by molar-refractivity contribution is 5.81. The van der Waals surface area contributed by atoms with Gasteiger partial charge in [0.25, 0.3) is 0 Å². The van der Waals surface area contributed by atoms with Crippen molar-refractivity contribution >= 4 is 5.91 Å². The highest BCUT2D eigenvalue weighted by Crippen LogP contribution is 2.66. The summed E-state index contributed by atoms with van der Waals surface area (Å²) in [7, 11) is 0. The summed E-state index contributed by atoms with van der Waals surface area (Å²) < 4.78 is 0. The van der Waals surface area contributed by atoms with Crippen LogP contribution in [0.25, 0.3) is 0 Å². The topological polar surface area (TPSA) is 29.1 Å². The van der Waals surface area contributed by atoms with E-state index in [0.29, 0.717) is 11.3 Å². The molecule has 2 nitrogen and oxygen atoms in total. The van der Waals surface area contributed by atoms with Gasteiger partial charge in [-0.25, -0.2) is 0 Å². The standard InChI is InChI=1S/C30H43NO/c1-28-11-4-3-5-22(28)6-7-23-24-8-9-26(29(24,2)12-10-25(23)28)27(32)31-30-16-19-13-20(17-30)15-21(14-19)18-30/h3,5-6,19-21,23-26H,4,7-18H2,1-2H3,(H,31,32)/t19?,20?,21?,23-,24-,25-,26+,28-,29-,30?/m0/s1. The molecule has 0 aliphatic heterocycles. The third-order valence-electron chi connectivity index (χ3n) is 12.4. The maximum Gasteiger partial charge on any atom is 0.224 e. The number of hydrogen-bond donors (Lipinski definition) is 1. The number of carbonyl (C=O) groups excluding carboxylic acids is 1. The molecule has 2 heteroatoms. The van der Waals surface area contributed by atoms with E-state index in [4.69, 9.17) is 0 Å². The molecule has 0 radical (unpaired) electrons. The first-order chi connectivity index (χ1) is 15.4. The molecule has 0 aromatic carbocycles. The van der Waals surface area contributed by atoms with Crippen molar-refractivity contribution in [1.82, 2.24) is 5.32 Å². The van der Waals surface area contributed by atoms with E-state index in [2.05, 4.69) is 37.4 Å². The largest absolute Gasteiger partial charge is 0.350 e. The van der Waals surface area contributed by atoms with Gasteiger partial charge < -0.3 is 5.32 Å². The molecule has 0 saturated heterocycles. The van der Waals surface area contributed by atoms with Crippen molar-refractivity contribution in [3.05, 3.63) is 23.8 Å². The van der Waals surface area contributed by atoms with Gasteiger partial charge in [-0.3, -0.25) is 4.79 Å². The van der Waals surface area contributed by atoms with Gasteiger partial charge in [0, 0.05) is 11.5 Å². The lowest BCUT2D eigenvalue weighted by Gasteiger charge is -2.58. The number of nitrogens with one attached hydrogen (secondary N) is 1. The van der Waals surface area contributed by atoms with Gasteiger partial charge in [0.1, 0.15) is 0 Å². The fourth-order valence-corrected chi connectivity index (χ4v) is 11.3. The van der Waals surface area contributed by atoms with E-state index in [1.54, 1.807) is 5.57 Å². The molecule has 0 unspecified atom stereocenters. The molecule has 0 aromatic heterocycles. The van der Waals surface area contributed by atoms with Crippen LogP contribution in [0.2, 0.25) is 0 Å². The summed E-state index contributed by atoms with van der Waals surface area (Å²) in [6.45, 7) is 5.08. The van der Waals surface area contributed by atoms with Crippen molar-refractivity contribution in [3.8, 4) is 0 Å². The minimum atomic E-state index is 0.169. The van der Waals surface area contributed by atoms with Crippen LogP contribution < -0.4 is 5.32 Å². The average molecular weight is 434 g/mol. The van der Waals surface area contributed by atoms with E-state index in [9.17, 15) is 4.79 Å². The summed E-state index contributed by atoms with van der Waals surface area (Å²) in [4.78, 5) is 13.9. The third-order valence-corrected chi connectivity index (χ3v) is 12.4. The fourth-order valence-electron chi connectivity index (χ4n) is 11.3. The first-order valence-electron chi connectivity index (χ1n) is 14.1. The second kappa shape index (κ2) is 6.76. The van der Waals surface area contributed by atoms with Gasteiger partial charge >= 0.3 is 0 Å². The second-order valence-electron chi connectivity index (χ2n) is 14.0. The van der Waals surface area contributed by atoms with Gasteiger partial charge in [-0.15, -0.1) is 0 Å². The van der Waals surface area contributed by atoms with Gasteiger partial charge in [-0.2, -0.15) is 0 Å². The minimum Gasteiger partial charge on any atom is -0.350 e. The Morgan fingerprint density at radius 2 is 1.66 bits per heavy atom. The van der Waals surface area contributed by atoms with E-state index in [1.165, 1.54) is 77.0 Å². The molecule has 174 valence electrons. The summed E-state index contributed by atoms with van der Waals surface area (Å²) in [5.41, 5.74) is 2.41. The highest BCUT2D eigenvalue weighted by Gasteiger charge is 2.60. The number of rotatable bonds is 2. The van der Waals surface area contributed by atoms with Gasteiger partial charge in [0.05, 0.1) is 0 Å². The first-order valence-corrected chi connectivity index (χ1v) is 14.1. The normalized spacial score (nSPS) is 55.1. The van der Waals surface area contributed by atoms with Gasteiger partial charge in [0.15, 0.2) is 0 Å². The molecule has 32 heavy (non-hydrogen) atoms. The van der Waals surface area contributed by atoms with E-state index in [-0.39, 0.29) is 16.9 Å². The van der Waals surface area contributed by atoms with E-state index >= 15 is 0 Å². The van der Waals surface area contributed by atoms with Crippen LogP contribution in [-0.2, 0) is 4.79 Å². The Bertz CT molecular complexity index is 848. The molecule has 1 N–H and O–H groups in total. The van der Waals surface area contributed by atoms with Crippen LogP contribution in [-0.4, -0.2) is 11.4 Å². The number of allylic oxidation sites excluding steroid dienone is 4. The Balaban J connectivity index is 1.12. The molecule has 0 aromatic rings.